The minimum atomic E-state index is -1.25. The number of methoxy groups -OCH3 is 4. The van der Waals surface area contributed by atoms with E-state index in [9.17, 15) is 38.7 Å². The predicted molar refractivity (Wildman–Crippen MR) is 349 cm³/mol. The molecule has 0 heterocycles. The van der Waals surface area contributed by atoms with Gasteiger partial charge in [0.2, 0.25) is 5.91 Å². The molecule has 0 aliphatic heterocycles. The zero-order chi connectivity index (χ0) is 68.7. The summed E-state index contributed by atoms with van der Waals surface area (Å²) in [5.74, 6) is -0.784. The van der Waals surface area contributed by atoms with E-state index in [4.69, 9.17) is 56.8 Å². The van der Waals surface area contributed by atoms with E-state index in [2.05, 4.69) is 10.6 Å². The van der Waals surface area contributed by atoms with E-state index in [0.29, 0.717) is 84.8 Å². The van der Waals surface area contributed by atoms with Crippen LogP contribution < -0.4 is 43.8 Å². The van der Waals surface area contributed by atoms with Crippen molar-refractivity contribution < 1.29 is 95.5 Å². The maximum atomic E-state index is 13.3. The van der Waals surface area contributed by atoms with Gasteiger partial charge in [-0.05, 0) is 169 Å². The molecule has 0 bridgehead atoms. The fourth-order valence-corrected chi connectivity index (χ4v) is 9.22. The third-order valence-corrected chi connectivity index (χ3v) is 14.3. The molecule has 8 aromatic carbocycles. The van der Waals surface area contributed by atoms with Crippen LogP contribution >= 0.6 is 0 Å². The maximum Gasteiger partial charge on any atom is 0.408 e. The first kappa shape index (κ1) is 70.3. The lowest BCUT2D eigenvalue weighted by Gasteiger charge is -2.24. The van der Waals surface area contributed by atoms with Gasteiger partial charge in [-0.25, -0.2) is 24.0 Å². The van der Waals surface area contributed by atoms with Crippen LogP contribution in [0.3, 0.4) is 0 Å². The summed E-state index contributed by atoms with van der Waals surface area (Å²) in [7, 11) is 5.26. The van der Waals surface area contributed by atoms with Gasteiger partial charge in [0, 0.05) is 24.6 Å². The van der Waals surface area contributed by atoms with Crippen LogP contribution in [0.1, 0.15) is 114 Å². The third kappa shape index (κ3) is 21.8. The maximum absolute atomic E-state index is 13.3. The Balaban J connectivity index is 1.06. The summed E-state index contributed by atoms with van der Waals surface area (Å²) in [4.78, 5) is 86.4. The quantitative estimate of drug-likeness (QED) is 0.0269. The summed E-state index contributed by atoms with van der Waals surface area (Å²) in [6.45, 7) is 6.94. The van der Waals surface area contributed by atoms with Crippen molar-refractivity contribution in [2.75, 3.05) is 28.4 Å². The number of hydrogen-bond acceptors (Lipinski definition) is 19. The van der Waals surface area contributed by atoms with E-state index in [1.165, 1.54) is 35.4 Å². The third-order valence-electron chi connectivity index (χ3n) is 14.3. The van der Waals surface area contributed by atoms with Crippen LogP contribution in [-0.2, 0) is 85.9 Å². The Kier molecular flexibility index (Phi) is 24.8. The number of amides is 2. The van der Waals surface area contributed by atoms with E-state index in [0.717, 1.165) is 22.3 Å². The van der Waals surface area contributed by atoms with E-state index in [-0.39, 0.29) is 52.7 Å². The molecule has 2 atom stereocenters. The molecule has 2 amide bonds. The number of esters is 4. The molecule has 22 heteroatoms. The van der Waals surface area contributed by atoms with Crippen molar-refractivity contribution in [1.82, 2.24) is 10.6 Å². The molecule has 0 aliphatic carbocycles. The predicted octanol–water partition coefficient (Wildman–Crippen LogP) is 11.9. The van der Waals surface area contributed by atoms with Crippen LogP contribution in [0, 0.1) is 0 Å². The number of carboxylic acids is 1. The van der Waals surface area contributed by atoms with Crippen molar-refractivity contribution >= 4 is 41.8 Å². The number of carbonyl (C=O) groups excluding carboxylic acids is 6. The van der Waals surface area contributed by atoms with Gasteiger partial charge in [0.15, 0.2) is 0 Å². The number of hydrogen-bond donors (Lipinski definition) is 3. The van der Waals surface area contributed by atoms with Gasteiger partial charge in [0.25, 0.3) is 0 Å². The first-order valence-corrected chi connectivity index (χ1v) is 30.2. The molecule has 0 fully saturated rings. The van der Waals surface area contributed by atoms with Crippen molar-refractivity contribution in [3.8, 4) is 40.2 Å². The number of nitrogens with one attached hydrogen (secondary N) is 2. The Labute approximate surface area is 555 Å². The second-order valence-corrected chi connectivity index (χ2v) is 22.8. The number of ether oxygens (including phenoxy) is 12. The second-order valence-electron chi connectivity index (χ2n) is 22.8. The lowest BCUT2D eigenvalue weighted by Crippen LogP contribution is -2.52. The van der Waals surface area contributed by atoms with Gasteiger partial charge in [0.05, 0.1) is 50.7 Å². The number of alkyl carbamates (subject to hydrolysis) is 1. The highest BCUT2D eigenvalue weighted by molar-refractivity contribution is 5.91. The summed E-state index contributed by atoms with van der Waals surface area (Å²) in [5.41, 5.74) is 6.40. The van der Waals surface area contributed by atoms with E-state index in [1.54, 1.807) is 172 Å². The van der Waals surface area contributed by atoms with E-state index < -0.39 is 59.5 Å². The van der Waals surface area contributed by atoms with Crippen molar-refractivity contribution in [3.05, 3.63) is 243 Å². The van der Waals surface area contributed by atoms with Crippen LogP contribution in [0.5, 0.6) is 40.2 Å². The van der Waals surface area contributed by atoms with E-state index >= 15 is 0 Å². The monoisotopic (exact) mass is 1310 g/mol. The molecule has 0 saturated carbocycles. The van der Waals surface area contributed by atoms with Crippen LogP contribution in [0.4, 0.5) is 4.79 Å². The van der Waals surface area contributed by atoms with Crippen LogP contribution in [0.25, 0.3) is 0 Å². The van der Waals surface area contributed by atoms with Crippen molar-refractivity contribution in [2.45, 2.75) is 98.0 Å². The zero-order valence-corrected chi connectivity index (χ0v) is 54.3. The SMILES string of the molecule is COC(=O)c1ccc(COc2cc(COc3cc(COc4ccc(C[C@H](NC(=O)OC(C)(C)C)C(=O)N[C@@H](C)C(=O)O)cc4)cc(OCc4cc(OCc5ccc(C(=O)OC)cc5)cc(OCc5ccc(C(=O)OC)cc5)c4)c3)cc(OCc3ccc(C(=O)OC)cc3)c2)cc1. The summed E-state index contributed by atoms with van der Waals surface area (Å²) < 4.78 is 69.6. The molecule has 3 N–H and O–H groups in total. The number of carbonyl (C=O) groups is 7. The lowest BCUT2D eigenvalue weighted by atomic mass is 10.0. The fraction of sp³-hybridized carbons (Fsp3) is 0.257. The fourth-order valence-electron chi connectivity index (χ4n) is 9.22. The molecule has 0 aromatic heterocycles. The Bertz CT molecular complexity index is 3620. The molecule has 96 heavy (non-hydrogen) atoms. The number of benzene rings is 8. The van der Waals surface area contributed by atoms with Crippen LogP contribution in [0.15, 0.2) is 176 Å². The highest BCUT2D eigenvalue weighted by atomic mass is 16.6. The minimum Gasteiger partial charge on any atom is -0.489 e. The minimum absolute atomic E-state index is 0.00830. The molecular weight excluding hydrogens is 1240 g/mol. The highest BCUT2D eigenvalue weighted by Crippen LogP contribution is 2.32. The summed E-state index contributed by atoms with van der Waals surface area (Å²) in [6, 6.07) is 47.9. The summed E-state index contributed by atoms with van der Waals surface area (Å²) >= 11 is 0. The first-order chi connectivity index (χ1) is 46.1. The zero-order valence-electron chi connectivity index (χ0n) is 54.3. The van der Waals surface area contributed by atoms with Crippen LogP contribution in [-0.4, -0.2) is 93.1 Å². The normalized spacial score (nSPS) is 11.5. The summed E-state index contributed by atoms with van der Waals surface area (Å²) in [5, 5.41) is 14.5. The molecule has 8 rings (SSSR count). The largest absolute Gasteiger partial charge is 0.489 e. The van der Waals surface area contributed by atoms with Gasteiger partial charge >= 0.3 is 35.9 Å². The van der Waals surface area contributed by atoms with Gasteiger partial charge in [-0.2, -0.15) is 0 Å². The standard InChI is InChI=1S/C74H74N2O20/c1-46(68(78)79)75-67(77)66(76-73(84)96-74(2,3)4)35-47-17-27-59(28-18-47)89-43-52-29-64(94-44-53-31-60(90-39-48-9-19-55(20-10-48)69(80)85-5)36-61(32-53)91-40-49-11-21-56(22-12-49)70(81)86-6)38-65(30-52)95-45-54-33-62(92-41-50-13-23-57(24-14-50)71(82)87-7)37-63(34-54)93-42-51-15-25-58(26-16-51)72(83)88-8/h9-34,36-38,46,66H,35,39-45H2,1-8H3,(H,75,77)(H,76,84)(H,78,79)/t46-,66-/m0/s1. The van der Waals surface area contributed by atoms with Crippen molar-refractivity contribution in [3.63, 3.8) is 0 Å². The molecular formula is C74H74N2O20. The molecule has 0 aliphatic rings. The Hall–Kier alpha value is -11.6. The Morgan fingerprint density at radius 2 is 0.615 bits per heavy atom. The molecule has 500 valence electrons. The van der Waals surface area contributed by atoms with Crippen molar-refractivity contribution in [1.29, 1.82) is 0 Å². The molecule has 0 radical (unpaired) electrons. The molecule has 8 aromatic rings. The van der Waals surface area contributed by atoms with Gasteiger partial charge in [-0.15, -0.1) is 0 Å². The average molecular weight is 1310 g/mol. The number of carboxylic acid groups (broad SMARTS) is 1. The topological polar surface area (TPSA) is 275 Å². The highest BCUT2D eigenvalue weighted by Gasteiger charge is 2.27. The van der Waals surface area contributed by atoms with Gasteiger partial charge in [-0.1, -0.05) is 60.7 Å². The van der Waals surface area contributed by atoms with Gasteiger partial charge in [-0.3, -0.25) is 9.59 Å². The molecule has 0 saturated heterocycles. The Morgan fingerprint density at radius 1 is 0.354 bits per heavy atom. The first-order valence-electron chi connectivity index (χ1n) is 30.2. The smallest absolute Gasteiger partial charge is 0.408 e. The van der Waals surface area contributed by atoms with E-state index in [1.807, 2.05) is 24.3 Å². The number of rotatable bonds is 31. The summed E-state index contributed by atoms with van der Waals surface area (Å²) in [6.07, 6.45) is -0.868. The lowest BCUT2D eigenvalue weighted by molar-refractivity contribution is -0.141. The molecule has 0 unspecified atom stereocenters. The molecule has 22 nitrogen and oxygen atoms in total. The number of aliphatic carboxylic acids is 1. The Morgan fingerprint density at radius 3 is 0.875 bits per heavy atom. The average Bonchev–Trinajstić information content (AvgIpc) is 1.20. The molecule has 0 spiro atoms. The van der Waals surface area contributed by atoms with Crippen molar-refractivity contribution in [2.24, 2.45) is 0 Å². The van der Waals surface area contributed by atoms with Crippen LogP contribution in [0.2, 0.25) is 0 Å². The second kappa shape index (κ2) is 33.9. The van der Waals surface area contributed by atoms with Gasteiger partial charge in [0.1, 0.15) is 104 Å². The van der Waals surface area contributed by atoms with Gasteiger partial charge < -0.3 is 72.6 Å².